The highest BCUT2D eigenvalue weighted by molar-refractivity contribution is 5.91. The fraction of sp³-hybridized carbons (Fsp3) is 0.192. The van der Waals surface area contributed by atoms with Crippen LogP contribution < -0.4 is 14.8 Å². The van der Waals surface area contributed by atoms with Crippen molar-refractivity contribution in [2.45, 2.75) is 26.2 Å². The molecule has 3 heterocycles. The van der Waals surface area contributed by atoms with Crippen molar-refractivity contribution in [2.75, 3.05) is 6.79 Å². The summed E-state index contributed by atoms with van der Waals surface area (Å²) < 4.78 is 30.8. The second kappa shape index (κ2) is 10.4. The number of carbonyl (C=O) groups is 1. The van der Waals surface area contributed by atoms with Crippen molar-refractivity contribution in [2.24, 2.45) is 0 Å². The van der Waals surface area contributed by atoms with Crippen molar-refractivity contribution in [1.29, 1.82) is 0 Å². The number of benzene rings is 2. The van der Waals surface area contributed by atoms with Crippen LogP contribution in [0, 0.1) is 5.82 Å². The van der Waals surface area contributed by atoms with E-state index in [1.54, 1.807) is 36.7 Å². The average Bonchev–Trinajstić information content (AvgIpc) is 3.54. The molecule has 9 heteroatoms. The van der Waals surface area contributed by atoms with E-state index in [1.807, 2.05) is 29.2 Å². The van der Waals surface area contributed by atoms with Crippen LogP contribution in [-0.4, -0.2) is 27.6 Å². The molecular formula is C26H23FN4O4. The molecule has 4 aromatic rings. The number of amides is 1. The number of nitrogens with zero attached hydrogens (tertiary/aromatic N) is 3. The predicted molar refractivity (Wildman–Crippen MR) is 124 cm³/mol. The van der Waals surface area contributed by atoms with Crippen LogP contribution in [0.1, 0.15) is 33.1 Å². The van der Waals surface area contributed by atoms with Gasteiger partial charge in [0, 0.05) is 37.6 Å². The normalized spacial score (nSPS) is 12.2. The van der Waals surface area contributed by atoms with E-state index < -0.39 is 0 Å². The van der Waals surface area contributed by atoms with Crippen LogP contribution in [0.2, 0.25) is 0 Å². The summed E-state index contributed by atoms with van der Waals surface area (Å²) >= 11 is 0. The molecule has 0 saturated carbocycles. The van der Waals surface area contributed by atoms with E-state index in [9.17, 15) is 9.18 Å². The number of carbonyl (C=O) groups excluding carboxylic acids is 1. The summed E-state index contributed by atoms with van der Waals surface area (Å²) in [5, 5.41) is 2.80. The second-order valence-electron chi connectivity index (χ2n) is 8.09. The molecule has 0 bridgehead atoms. The highest BCUT2D eigenvalue weighted by Gasteiger charge is 2.19. The Hall–Kier alpha value is -4.24. The first-order valence-corrected chi connectivity index (χ1v) is 11.1. The lowest BCUT2D eigenvalue weighted by Gasteiger charge is -2.21. The molecule has 5 rings (SSSR count). The lowest BCUT2D eigenvalue weighted by molar-refractivity contribution is 0.0945. The minimum Gasteiger partial charge on any atom is -0.454 e. The maximum Gasteiger partial charge on any atom is 0.273 e. The molecule has 0 spiro atoms. The van der Waals surface area contributed by atoms with Crippen LogP contribution in [-0.2, 0) is 26.2 Å². The van der Waals surface area contributed by atoms with Gasteiger partial charge in [-0.15, -0.1) is 0 Å². The summed E-state index contributed by atoms with van der Waals surface area (Å²) in [5.41, 5.74) is 2.57. The molecule has 0 fully saturated rings. The molecule has 0 radical (unpaired) electrons. The van der Waals surface area contributed by atoms with Crippen LogP contribution in [0.5, 0.6) is 11.5 Å². The SMILES string of the molecule is O=C(NCc1cccnc1)c1coc(CN(Cc2ccc3c(c2)OCO3)Cc2ccccc2F)n1. The number of halogens is 1. The molecule has 1 aliphatic heterocycles. The lowest BCUT2D eigenvalue weighted by Crippen LogP contribution is -2.24. The summed E-state index contributed by atoms with van der Waals surface area (Å²) in [6, 6.07) is 16.0. The minimum absolute atomic E-state index is 0.179. The zero-order chi connectivity index (χ0) is 24.0. The third-order valence-electron chi connectivity index (χ3n) is 5.51. The Labute approximate surface area is 201 Å². The number of ether oxygens (including phenoxy) is 2. The van der Waals surface area contributed by atoms with E-state index in [2.05, 4.69) is 15.3 Å². The number of pyridine rings is 1. The molecule has 0 unspecified atom stereocenters. The molecule has 1 amide bonds. The van der Waals surface area contributed by atoms with Crippen molar-refractivity contribution in [3.8, 4) is 11.5 Å². The van der Waals surface area contributed by atoms with Crippen LogP contribution in [0.3, 0.4) is 0 Å². The van der Waals surface area contributed by atoms with E-state index in [0.29, 0.717) is 42.6 Å². The highest BCUT2D eigenvalue weighted by atomic mass is 19.1. The van der Waals surface area contributed by atoms with Gasteiger partial charge in [-0.25, -0.2) is 9.37 Å². The first kappa shape index (κ1) is 22.5. The quantitative estimate of drug-likeness (QED) is 0.391. The summed E-state index contributed by atoms with van der Waals surface area (Å²) in [5.74, 6) is 1.10. The van der Waals surface area contributed by atoms with Gasteiger partial charge in [-0.05, 0) is 35.4 Å². The van der Waals surface area contributed by atoms with Crippen molar-refractivity contribution in [3.63, 3.8) is 0 Å². The number of hydrogen-bond donors (Lipinski definition) is 1. The van der Waals surface area contributed by atoms with Crippen molar-refractivity contribution >= 4 is 5.91 Å². The Bertz CT molecular complexity index is 1310. The maximum absolute atomic E-state index is 14.4. The number of aromatic nitrogens is 2. The van der Waals surface area contributed by atoms with Gasteiger partial charge in [-0.1, -0.05) is 30.3 Å². The van der Waals surface area contributed by atoms with Gasteiger partial charge in [0.1, 0.15) is 12.1 Å². The first-order chi connectivity index (χ1) is 17.1. The standard InChI is InChI=1S/C26H23FN4O4/c27-21-6-2-1-5-20(21)14-31(13-18-7-8-23-24(10-18)35-17-34-23)15-25-30-22(16-33-25)26(32)29-12-19-4-3-9-28-11-19/h1-11,16H,12-15,17H2,(H,29,32). The number of hydrogen-bond acceptors (Lipinski definition) is 7. The third-order valence-corrected chi connectivity index (χ3v) is 5.51. The van der Waals surface area contributed by atoms with Crippen LogP contribution in [0.4, 0.5) is 4.39 Å². The predicted octanol–water partition coefficient (Wildman–Crippen LogP) is 4.07. The van der Waals surface area contributed by atoms with Crippen molar-refractivity contribution < 1.29 is 23.1 Å². The van der Waals surface area contributed by atoms with Gasteiger partial charge >= 0.3 is 0 Å². The van der Waals surface area contributed by atoms with E-state index in [1.165, 1.54) is 12.3 Å². The summed E-state index contributed by atoms with van der Waals surface area (Å²) in [6.45, 7) is 1.61. The second-order valence-corrected chi connectivity index (χ2v) is 8.09. The number of oxazole rings is 1. The highest BCUT2D eigenvalue weighted by Crippen LogP contribution is 2.33. The topological polar surface area (TPSA) is 89.7 Å². The van der Waals surface area contributed by atoms with E-state index in [-0.39, 0.29) is 30.8 Å². The summed E-state index contributed by atoms with van der Waals surface area (Å²) in [6.07, 6.45) is 4.69. The lowest BCUT2D eigenvalue weighted by atomic mass is 10.1. The molecule has 2 aromatic heterocycles. The number of nitrogens with one attached hydrogen (secondary N) is 1. The van der Waals surface area contributed by atoms with Gasteiger partial charge in [0.25, 0.3) is 5.91 Å². The Morgan fingerprint density at radius 2 is 1.89 bits per heavy atom. The molecule has 2 aromatic carbocycles. The van der Waals surface area contributed by atoms with Gasteiger partial charge < -0.3 is 19.2 Å². The maximum atomic E-state index is 14.4. The van der Waals surface area contributed by atoms with Crippen molar-refractivity contribution in [1.82, 2.24) is 20.2 Å². The average molecular weight is 474 g/mol. The largest absolute Gasteiger partial charge is 0.454 e. The van der Waals surface area contributed by atoms with Crippen LogP contribution in [0.25, 0.3) is 0 Å². The molecule has 1 aliphatic rings. The van der Waals surface area contributed by atoms with Crippen molar-refractivity contribution in [3.05, 3.63) is 107 Å². The fourth-order valence-corrected chi connectivity index (χ4v) is 3.79. The van der Waals surface area contributed by atoms with Gasteiger partial charge in [-0.3, -0.25) is 14.7 Å². The zero-order valence-electron chi connectivity index (χ0n) is 18.8. The summed E-state index contributed by atoms with van der Waals surface area (Å²) in [7, 11) is 0. The van der Waals surface area contributed by atoms with Gasteiger partial charge in [0.15, 0.2) is 17.2 Å². The number of rotatable bonds is 9. The number of fused-ring (bicyclic) bond motifs is 1. The first-order valence-electron chi connectivity index (χ1n) is 11.1. The van der Waals surface area contributed by atoms with Crippen LogP contribution >= 0.6 is 0 Å². The van der Waals surface area contributed by atoms with Gasteiger partial charge in [0.2, 0.25) is 12.7 Å². The van der Waals surface area contributed by atoms with E-state index in [4.69, 9.17) is 13.9 Å². The Balaban J connectivity index is 1.29. The van der Waals surface area contributed by atoms with Crippen LogP contribution in [0.15, 0.2) is 77.7 Å². The zero-order valence-corrected chi connectivity index (χ0v) is 18.8. The third kappa shape index (κ3) is 5.64. The fourth-order valence-electron chi connectivity index (χ4n) is 3.79. The Kier molecular flexibility index (Phi) is 6.67. The summed E-state index contributed by atoms with van der Waals surface area (Å²) in [4.78, 5) is 22.9. The van der Waals surface area contributed by atoms with Gasteiger partial charge in [-0.2, -0.15) is 0 Å². The molecule has 1 N–H and O–H groups in total. The van der Waals surface area contributed by atoms with E-state index >= 15 is 0 Å². The molecule has 0 atom stereocenters. The monoisotopic (exact) mass is 474 g/mol. The molecule has 0 aliphatic carbocycles. The molecule has 35 heavy (non-hydrogen) atoms. The molecule has 0 saturated heterocycles. The Morgan fingerprint density at radius 1 is 1.00 bits per heavy atom. The molecular weight excluding hydrogens is 451 g/mol. The Morgan fingerprint density at radius 3 is 2.74 bits per heavy atom. The van der Waals surface area contributed by atoms with Gasteiger partial charge in [0.05, 0.1) is 6.54 Å². The molecule has 178 valence electrons. The molecule has 8 nitrogen and oxygen atoms in total. The minimum atomic E-state index is -0.347. The smallest absolute Gasteiger partial charge is 0.273 e. The van der Waals surface area contributed by atoms with E-state index in [0.717, 1.165) is 11.1 Å².